The summed E-state index contributed by atoms with van der Waals surface area (Å²) in [5.41, 5.74) is 0.498. The van der Waals surface area contributed by atoms with Crippen LogP contribution in [-0.4, -0.2) is 10.5 Å². The fourth-order valence-corrected chi connectivity index (χ4v) is 3.55. The van der Waals surface area contributed by atoms with Gasteiger partial charge >= 0.3 is 0 Å². The van der Waals surface area contributed by atoms with Gasteiger partial charge in [-0.3, -0.25) is 4.79 Å². The predicted molar refractivity (Wildman–Crippen MR) is 85.7 cm³/mol. The number of benzene rings is 1. The lowest BCUT2D eigenvalue weighted by molar-refractivity contribution is 0.0954. The minimum absolute atomic E-state index is 0.151. The highest BCUT2D eigenvalue weighted by Crippen LogP contribution is 2.38. The minimum Gasteiger partial charge on any atom is -0.349 e. The molecule has 1 N–H and O–H groups in total. The van der Waals surface area contributed by atoms with E-state index in [1.54, 1.807) is 18.2 Å². The second-order valence-corrected chi connectivity index (χ2v) is 6.72. The Labute approximate surface area is 131 Å². The highest BCUT2D eigenvalue weighted by Gasteiger charge is 2.24. The van der Waals surface area contributed by atoms with Crippen LogP contribution in [0.4, 0.5) is 4.39 Å². The van der Waals surface area contributed by atoms with Gasteiger partial charge in [-0.05, 0) is 25.0 Å². The maximum absolute atomic E-state index is 13.5. The van der Waals surface area contributed by atoms with Gasteiger partial charge in [-0.25, -0.2) is 4.39 Å². The van der Waals surface area contributed by atoms with Crippen molar-refractivity contribution in [2.75, 3.05) is 0 Å². The zero-order valence-corrected chi connectivity index (χ0v) is 12.7. The molecule has 0 aliphatic heterocycles. The fraction of sp³-hybridized carbons (Fsp3) is 0.235. The topological polar surface area (TPSA) is 34.0 Å². The van der Waals surface area contributed by atoms with Crippen molar-refractivity contribution in [1.29, 1.82) is 0 Å². The molecule has 2 heterocycles. The largest absolute Gasteiger partial charge is 0.349 e. The molecule has 0 bridgehead atoms. The average Bonchev–Trinajstić information content (AvgIpc) is 3.16. The van der Waals surface area contributed by atoms with E-state index in [0.717, 1.165) is 10.1 Å². The summed E-state index contributed by atoms with van der Waals surface area (Å²) in [5.74, 6) is -0.444. The van der Waals surface area contributed by atoms with Gasteiger partial charge in [-0.1, -0.05) is 18.2 Å². The van der Waals surface area contributed by atoms with E-state index >= 15 is 0 Å². The van der Waals surface area contributed by atoms with Crippen LogP contribution >= 0.6 is 11.3 Å². The first-order chi connectivity index (χ1) is 10.7. The first-order valence-corrected chi connectivity index (χ1v) is 8.15. The third-order valence-electron chi connectivity index (χ3n) is 3.94. The lowest BCUT2D eigenvalue weighted by Crippen LogP contribution is -2.22. The Hall–Kier alpha value is -2.14. The molecule has 0 unspecified atom stereocenters. The molecule has 1 amide bonds. The smallest absolute Gasteiger partial charge is 0.261 e. The molecule has 1 aromatic carbocycles. The summed E-state index contributed by atoms with van der Waals surface area (Å²) in [6, 6.07) is 9.05. The molecule has 112 valence electrons. The van der Waals surface area contributed by atoms with Crippen LogP contribution in [-0.2, 0) is 6.54 Å². The van der Waals surface area contributed by atoms with E-state index in [1.807, 2.05) is 6.07 Å². The molecule has 1 saturated carbocycles. The lowest BCUT2D eigenvalue weighted by atomic mass is 10.2. The van der Waals surface area contributed by atoms with Crippen molar-refractivity contribution in [2.45, 2.75) is 25.4 Å². The summed E-state index contributed by atoms with van der Waals surface area (Å²) in [6.07, 6.45) is 6.72. The van der Waals surface area contributed by atoms with Gasteiger partial charge in [0, 0.05) is 35.9 Å². The van der Waals surface area contributed by atoms with Crippen molar-refractivity contribution in [3.63, 3.8) is 0 Å². The average molecular weight is 314 g/mol. The van der Waals surface area contributed by atoms with Crippen LogP contribution in [0.5, 0.6) is 0 Å². The third-order valence-corrected chi connectivity index (χ3v) is 5.02. The summed E-state index contributed by atoms with van der Waals surface area (Å²) in [7, 11) is 0. The van der Waals surface area contributed by atoms with Gasteiger partial charge < -0.3 is 9.88 Å². The Bertz CT molecular complexity index is 816. The summed E-state index contributed by atoms with van der Waals surface area (Å²) < 4.78 is 16.9. The van der Waals surface area contributed by atoms with Crippen molar-refractivity contribution in [3.8, 4) is 0 Å². The Morgan fingerprint density at radius 3 is 2.86 bits per heavy atom. The number of thiophene rings is 1. The zero-order valence-electron chi connectivity index (χ0n) is 11.9. The van der Waals surface area contributed by atoms with Gasteiger partial charge in [0.05, 0.1) is 9.58 Å². The van der Waals surface area contributed by atoms with E-state index in [1.165, 1.54) is 30.2 Å². The Balaban J connectivity index is 1.48. The second kappa shape index (κ2) is 5.25. The summed E-state index contributed by atoms with van der Waals surface area (Å²) in [6.45, 7) is 0.204. The number of amides is 1. The monoisotopic (exact) mass is 314 g/mol. The first-order valence-electron chi connectivity index (χ1n) is 7.33. The van der Waals surface area contributed by atoms with Crippen LogP contribution in [0.15, 0.2) is 42.7 Å². The quantitative estimate of drug-likeness (QED) is 0.772. The number of fused-ring (bicyclic) bond motifs is 1. The van der Waals surface area contributed by atoms with Gasteiger partial charge in [0.25, 0.3) is 5.91 Å². The SMILES string of the molecule is O=C(NCc1ccccc1F)c1cc2cn(C3CC3)cc2s1. The molecule has 4 rings (SSSR count). The molecule has 2 aromatic heterocycles. The minimum atomic E-state index is -0.293. The number of halogens is 1. The molecule has 3 nitrogen and oxygen atoms in total. The molecule has 0 atom stereocenters. The van der Waals surface area contributed by atoms with Crippen molar-refractivity contribution in [3.05, 3.63) is 59.0 Å². The molecule has 22 heavy (non-hydrogen) atoms. The van der Waals surface area contributed by atoms with Gasteiger partial charge in [0.2, 0.25) is 0 Å². The number of nitrogens with one attached hydrogen (secondary N) is 1. The molecule has 0 spiro atoms. The Morgan fingerprint density at radius 1 is 1.32 bits per heavy atom. The first kappa shape index (κ1) is 13.5. The van der Waals surface area contributed by atoms with E-state index < -0.39 is 0 Å². The fourth-order valence-electron chi connectivity index (χ4n) is 2.55. The highest BCUT2D eigenvalue weighted by molar-refractivity contribution is 7.20. The highest BCUT2D eigenvalue weighted by atomic mass is 32.1. The molecule has 1 aliphatic carbocycles. The van der Waals surface area contributed by atoms with Crippen molar-refractivity contribution < 1.29 is 9.18 Å². The number of rotatable bonds is 4. The molecule has 3 aromatic rings. The van der Waals surface area contributed by atoms with Gasteiger partial charge in [0.15, 0.2) is 0 Å². The van der Waals surface area contributed by atoms with E-state index in [0.29, 0.717) is 16.5 Å². The summed E-state index contributed by atoms with van der Waals surface area (Å²) in [5, 5.41) is 3.89. The number of hydrogen-bond acceptors (Lipinski definition) is 2. The van der Waals surface area contributed by atoms with E-state index in [4.69, 9.17) is 0 Å². The van der Waals surface area contributed by atoms with E-state index in [2.05, 4.69) is 22.3 Å². The number of carbonyl (C=O) groups excluding carboxylic acids is 1. The van der Waals surface area contributed by atoms with Crippen molar-refractivity contribution in [2.24, 2.45) is 0 Å². The maximum atomic E-state index is 13.5. The van der Waals surface area contributed by atoms with Crippen molar-refractivity contribution >= 4 is 27.3 Å². The Kier molecular flexibility index (Phi) is 3.22. The van der Waals surface area contributed by atoms with Crippen molar-refractivity contribution in [1.82, 2.24) is 9.88 Å². The van der Waals surface area contributed by atoms with Gasteiger partial charge in [-0.15, -0.1) is 11.3 Å². The number of nitrogens with zero attached hydrogens (tertiary/aromatic N) is 1. The summed E-state index contributed by atoms with van der Waals surface area (Å²) in [4.78, 5) is 12.9. The lowest BCUT2D eigenvalue weighted by Gasteiger charge is -2.04. The Morgan fingerprint density at radius 2 is 2.14 bits per heavy atom. The van der Waals surface area contributed by atoms with Gasteiger partial charge in [0.1, 0.15) is 5.82 Å². The third kappa shape index (κ3) is 2.52. The number of hydrogen-bond donors (Lipinski definition) is 1. The van der Waals surface area contributed by atoms with E-state index in [9.17, 15) is 9.18 Å². The van der Waals surface area contributed by atoms with Crippen LogP contribution < -0.4 is 5.32 Å². The second-order valence-electron chi connectivity index (χ2n) is 5.64. The van der Waals surface area contributed by atoms with Crippen LogP contribution in [0.25, 0.3) is 10.1 Å². The van der Waals surface area contributed by atoms with Gasteiger partial charge in [-0.2, -0.15) is 0 Å². The molecule has 0 saturated heterocycles. The molecular weight excluding hydrogens is 299 g/mol. The van der Waals surface area contributed by atoms with Crippen LogP contribution in [0, 0.1) is 5.82 Å². The van der Waals surface area contributed by atoms with E-state index in [-0.39, 0.29) is 18.3 Å². The van der Waals surface area contributed by atoms with Crippen LogP contribution in [0.3, 0.4) is 0 Å². The molecular formula is C17H15FN2OS. The summed E-state index contributed by atoms with van der Waals surface area (Å²) >= 11 is 1.48. The zero-order chi connectivity index (χ0) is 15.1. The maximum Gasteiger partial charge on any atom is 0.261 e. The standard InChI is InChI=1S/C17H15FN2OS/c18-14-4-2-1-3-11(14)8-19-17(21)15-7-12-9-20(13-5-6-13)10-16(12)22-15/h1-4,7,9-10,13H,5-6,8H2,(H,19,21). The molecule has 5 heteroatoms. The number of aromatic nitrogens is 1. The predicted octanol–water partition coefficient (Wildman–Crippen LogP) is 4.11. The molecule has 1 aliphatic rings. The molecule has 1 fully saturated rings. The van der Waals surface area contributed by atoms with Crippen LogP contribution in [0.1, 0.15) is 34.1 Å². The number of carbonyl (C=O) groups is 1. The van der Waals surface area contributed by atoms with Crippen LogP contribution in [0.2, 0.25) is 0 Å². The molecule has 0 radical (unpaired) electrons. The normalized spacial score (nSPS) is 14.4.